The van der Waals surface area contributed by atoms with Crippen LogP contribution in [0.2, 0.25) is 0 Å². The van der Waals surface area contributed by atoms with Crippen LogP contribution in [0.3, 0.4) is 0 Å². The van der Waals surface area contributed by atoms with Crippen LogP contribution in [-0.2, 0) is 0 Å². The third-order valence-corrected chi connectivity index (χ3v) is 1.74. The molecular weight excluding hydrogens is 162 g/mol. The van der Waals surface area contributed by atoms with Crippen molar-refractivity contribution >= 4 is 5.69 Å². The lowest BCUT2D eigenvalue weighted by Gasteiger charge is -2.09. The van der Waals surface area contributed by atoms with Gasteiger partial charge in [0.05, 0.1) is 19.3 Å². The van der Waals surface area contributed by atoms with E-state index in [0.29, 0.717) is 6.54 Å². The zero-order valence-electron chi connectivity index (χ0n) is 7.92. The number of nitrogens with one attached hydrogen (secondary N) is 1. The molecule has 0 atom stereocenters. The van der Waals surface area contributed by atoms with Gasteiger partial charge in [-0.25, -0.2) is 0 Å². The predicted octanol–water partition coefficient (Wildman–Crippen LogP) is 2.05. The zero-order chi connectivity index (χ0) is 9.68. The Balaban J connectivity index is 2.87. The van der Waals surface area contributed by atoms with E-state index in [1.165, 1.54) is 5.56 Å². The fourth-order valence-electron chi connectivity index (χ4n) is 1.09. The summed E-state index contributed by atoms with van der Waals surface area (Å²) in [6.07, 6.45) is 5.14. The quantitative estimate of drug-likeness (QED) is 0.710. The lowest BCUT2D eigenvalue weighted by Crippen LogP contribution is -2.00. The highest BCUT2D eigenvalue weighted by atomic mass is 16.5. The minimum absolute atomic E-state index is 0.513. The van der Waals surface area contributed by atoms with Gasteiger partial charge < -0.3 is 10.1 Å². The molecule has 68 valence electrons. The van der Waals surface area contributed by atoms with E-state index in [0.717, 1.165) is 11.4 Å². The molecule has 0 heterocycles. The summed E-state index contributed by atoms with van der Waals surface area (Å²) in [5.41, 5.74) is 2.11. The first-order chi connectivity index (χ1) is 6.27. The number of ether oxygens (including phenoxy) is 1. The van der Waals surface area contributed by atoms with Crippen LogP contribution >= 0.6 is 0 Å². The van der Waals surface area contributed by atoms with Gasteiger partial charge in [0.2, 0.25) is 0 Å². The molecule has 1 rings (SSSR count). The Morgan fingerprint density at radius 2 is 2.31 bits per heavy atom. The van der Waals surface area contributed by atoms with E-state index >= 15 is 0 Å². The van der Waals surface area contributed by atoms with Crippen LogP contribution in [0.5, 0.6) is 5.75 Å². The Morgan fingerprint density at radius 3 is 2.92 bits per heavy atom. The number of aryl methyl sites for hydroxylation is 1. The number of methoxy groups -OCH3 is 1. The first-order valence-electron chi connectivity index (χ1n) is 4.10. The topological polar surface area (TPSA) is 21.3 Å². The summed E-state index contributed by atoms with van der Waals surface area (Å²) >= 11 is 0. The number of hydrogen-bond acceptors (Lipinski definition) is 2. The maximum Gasteiger partial charge on any atom is 0.142 e. The van der Waals surface area contributed by atoms with Crippen molar-refractivity contribution in [2.45, 2.75) is 6.92 Å². The van der Waals surface area contributed by atoms with Gasteiger partial charge in [0.15, 0.2) is 0 Å². The largest absolute Gasteiger partial charge is 0.495 e. The lowest BCUT2D eigenvalue weighted by atomic mass is 10.2. The molecule has 0 bridgehead atoms. The Bertz CT molecular complexity index is 325. The molecule has 0 unspecified atom stereocenters. The predicted molar refractivity (Wildman–Crippen MR) is 55.1 cm³/mol. The SMILES string of the molecule is C#CCNc1ccc(C)cc1OC. The highest BCUT2D eigenvalue weighted by Gasteiger charge is 2.00. The molecule has 0 spiro atoms. The Kier molecular flexibility index (Phi) is 3.22. The maximum atomic E-state index is 5.19. The second-order valence-electron chi connectivity index (χ2n) is 2.76. The van der Waals surface area contributed by atoms with E-state index in [2.05, 4.69) is 11.2 Å². The van der Waals surface area contributed by atoms with Crippen molar-refractivity contribution in [3.05, 3.63) is 23.8 Å². The van der Waals surface area contributed by atoms with Crippen molar-refractivity contribution in [1.82, 2.24) is 0 Å². The molecule has 0 aliphatic carbocycles. The summed E-state index contributed by atoms with van der Waals surface area (Å²) in [6.45, 7) is 2.53. The Hall–Kier alpha value is -1.62. The van der Waals surface area contributed by atoms with Crippen LogP contribution in [0.1, 0.15) is 5.56 Å². The summed E-state index contributed by atoms with van der Waals surface area (Å²) in [6, 6.07) is 5.95. The third-order valence-electron chi connectivity index (χ3n) is 1.74. The molecule has 0 saturated heterocycles. The zero-order valence-corrected chi connectivity index (χ0v) is 7.92. The lowest BCUT2D eigenvalue weighted by molar-refractivity contribution is 0.416. The van der Waals surface area contributed by atoms with Crippen LogP contribution in [0.15, 0.2) is 18.2 Å². The summed E-state index contributed by atoms with van der Waals surface area (Å²) in [5, 5.41) is 3.08. The number of anilines is 1. The summed E-state index contributed by atoms with van der Waals surface area (Å²) < 4.78 is 5.19. The van der Waals surface area contributed by atoms with Gasteiger partial charge in [-0.15, -0.1) is 6.42 Å². The first-order valence-corrected chi connectivity index (χ1v) is 4.10. The molecule has 0 fully saturated rings. The minimum Gasteiger partial charge on any atom is -0.495 e. The summed E-state index contributed by atoms with van der Waals surface area (Å²) in [4.78, 5) is 0. The summed E-state index contributed by atoms with van der Waals surface area (Å²) in [5.74, 6) is 3.34. The van der Waals surface area contributed by atoms with E-state index in [9.17, 15) is 0 Å². The fraction of sp³-hybridized carbons (Fsp3) is 0.273. The van der Waals surface area contributed by atoms with E-state index < -0.39 is 0 Å². The number of rotatable bonds is 3. The van der Waals surface area contributed by atoms with Gasteiger partial charge >= 0.3 is 0 Å². The van der Waals surface area contributed by atoms with Crippen molar-refractivity contribution in [2.24, 2.45) is 0 Å². The minimum atomic E-state index is 0.513. The van der Waals surface area contributed by atoms with Crippen molar-refractivity contribution < 1.29 is 4.74 Å². The second kappa shape index (κ2) is 4.42. The van der Waals surface area contributed by atoms with Crippen LogP contribution in [0.25, 0.3) is 0 Å². The van der Waals surface area contributed by atoms with Crippen molar-refractivity contribution in [2.75, 3.05) is 19.0 Å². The van der Waals surface area contributed by atoms with Crippen molar-refractivity contribution in [3.8, 4) is 18.1 Å². The van der Waals surface area contributed by atoms with Crippen molar-refractivity contribution in [1.29, 1.82) is 0 Å². The van der Waals surface area contributed by atoms with Gasteiger partial charge in [-0.05, 0) is 24.6 Å². The average Bonchev–Trinajstić information content (AvgIpc) is 2.16. The van der Waals surface area contributed by atoms with E-state index in [4.69, 9.17) is 11.2 Å². The van der Waals surface area contributed by atoms with Crippen LogP contribution in [0, 0.1) is 19.3 Å². The van der Waals surface area contributed by atoms with E-state index in [1.54, 1.807) is 7.11 Å². The monoisotopic (exact) mass is 175 g/mol. The Morgan fingerprint density at radius 1 is 1.54 bits per heavy atom. The molecule has 13 heavy (non-hydrogen) atoms. The van der Waals surface area contributed by atoms with Crippen LogP contribution < -0.4 is 10.1 Å². The highest BCUT2D eigenvalue weighted by Crippen LogP contribution is 2.24. The van der Waals surface area contributed by atoms with Crippen molar-refractivity contribution in [3.63, 3.8) is 0 Å². The number of hydrogen-bond donors (Lipinski definition) is 1. The molecule has 0 saturated carbocycles. The van der Waals surface area contributed by atoms with Gasteiger partial charge in [0.25, 0.3) is 0 Å². The van der Waals surface area contributed by atoms with Gasteiger partial charge in [0.1, 0.15) is 5.75 Å². The molecular formula is C11H13NO. The van der Waals surface area contributed by atoms with Gasteiger partial charge in [0, 0.05) is 0 Å². The molecule has 1 aromatic carbocycles. The standard InChI is InChI=1S/C11H13NO/c1-4-7-12-10-6-5-9(2)8-11(10)13-3/h1,5-6,8,12H,7H2,2-3H3. The number of terminal acetylenes is 1. The highest BCUT2D eigenvalue weighted by molar-refractivity contribution is 5.58. The third kappa shape index (κ3) is 2.41. The molecule has 0 aliphatic heterocycles. The van der Waals surface area contributed by atoms with Gasteiger partial charge in [-0.1, -0.05) is 12.0 Å². The second-order valence-corrected chi connectivity index (χ2v) is 2.76. The smallest absolute Gasteiger partial charge is 0.142 e. The fourth-order valence-corrected chi connectivity index (χ4v) is 1.09. The normalized spacial score (nSPS) is 9.00. The van der Waals surface area contributed by atoms with Gasteiger partial charge in [-0.2, -0.15) is 0 Å². The maximum absolute atomic E-state index is 5.19. The number of benzene rings is 1. The molecule has 0 amide bonds. The first kappa shape index (κ1) is 9.47. The Labute approximate surface area is 78.9 Å². The van der Waals surface area contributed by atoms with E-state index in [-0.39, 0.29) is 0 Å². The van der Waals surface area contributed by atoms with Crippen LogP contribution in [0.4, 0.5) is 5.69 Å². The molecule has 0 radical (unpaired) electrons. The molecule has 2 nitrogen and oxygen atoms in total. The molecule has 0 aromatic heterocycles. The summed E-state index contributed by atoms with van der Waals surface area (Å²) in [7, 11) is 1.65. The molecule has 1 aromatic rings. The van der Waals surface area contributed by atoms with Gasteiger partial charge in [-0.3, -0.25) is 0 Å². The molecule has 1 N–H and O–H groups in total. The molecule has 2 heteroatoms. The molecule has 0 aliphatic rings. The van der Waals surface area contributed by atoms with Crippen LogP contribution in [-0.4, -0.2) is 13.7 Å². The average molecular weight is 175 g/mol. The van der Waals surface area contributed by atoms with E-state index in [1.807, 2.05) is 25.1 Å².